The van der Waals surface area contributed by atoms with Crippen LogP contribution in [0.25, 0.3) is 0 Å². The highest BCUT2D eigenvalue weighted by Crippen LogP contribution is 2.48. The molecule has 0 atom stereocenters. The zero-order valence-electron chi connectivity index (χ0n) is 11.7. The molecule has 1 aromatic heterocycles. The summed E-state index contributed by atoms with van der Waals surface area (Å²) in [4.78, 5) is 6.28. The molecule has 0 unspecified atom stereocenters. The summed E-state index contributed by atoms with van der Waals surface area (Å²) in [6, 6.07) is 0. The van der Waals surface area contributed by atoms with Crippen LogP contribution in [0.15, 0.2) is 0 Å². The van der Waals surface area contributed by atoms with Crippen LogP contribution in [0.5, 0.6) is 0 Å². The molecule has 1 aliphatic rings. The predicted octanol–water partition coefficient (Wildman–Crippen LogP) is 4.22. The monoisotopic (exact) mass is 252 g/mol. The highest BCUT2D eigenvalue weighted by molar-refractivity contribution is 7.15. The summed E-state index contributed by atoms with van der Waals surface area (Å²) in [6.45, 7) is 12.6. The zero-order chi connectivity index (χ0) is 12.7. The summed E-state index contributed by atoms with van der Waals surface area (Å²) in [7, 11) is 0. The van der Waals surface area contributed by atoms with E-state index in [-0.39, 0.29) is 5.41 Å². The molecule has 2 rings (SSSR count). The molecule has 0 fully saturated rings. The van der Waals surface area contributed by atoms with E-state index in [0.29, 0.717) is 5.41 Å². The first-order chi connectivity index (χ1) is 7.84. The molecule has 1 N–H and O–H groups in total. The van der Waals surface area contributed by atoms with E-state index in [1.165, 1.54) is 17.0 Å². The molecule has 2 nitrogen and oxygen atoms in total. The number of fused-ring (bicyclic) bond motifs is 1. The number of thiazole rings is 1. The molecule has 0 amide bonds. The van der Waals surface area contributed by atoms with Crippen LogP contribution in [-0.4, -0.2) is 11.5 Å². The van der Waals surface area contributed by atoms with E-state index >= 15 is 0 Å². The fourth-order valence-electron chi connectivity index (χ4n) is 3.10. The Labute approximate surface area is 109 Å². The number of hydrogen-bond donors (Lipinski definition) is 1. The number of nitrogens with zero attached hydrogens (tertiary/aromatic N) is 1. The van der Waals surface area contributed by atoms with E-state index in [2.05, 4.69) is 39.9 Å². The molecular weight excluding hydrogens is 228 g/mol. The van der Waals surface area contributed by atoms with Gasteiger partial charge >= 0.3 is 0 Å². The van der Waals surface area contributed by atoms with Crippen LogP contribution in [0.1, 0.15) is 58.0 Å². The standard InChI is InChI=1S/C14H24N2S/c1-6-7-15-12-16-10-8-13(2,3)9-14(4,5)11(10)17-12/h6-9H2,1-5H3,(H,15,16). The quantitative estimate of drug-likeness (QED) is 0.871. The second-order valence-corrected chi connectivity index (χ2v) is 7.62. The molecule has 1 aliphatic carbocycles. The predicted molar refractivity (Wildman–Crippen MR) is 76.0 cm³/mol. The van der Waals surface area contributed by atoms with Gasteiger partial charge in [0.1, 0.15) is 0 Å². The van der Waals surface area contributed by atoms with Gasteiger partial charge in [-0.05, 0) is 24.7 Å². The molecule has 0 spiro atoms. The Hall–Kier alpha value is -0.570. The highest BCUT2D eigenvalue weighted by atomic mass is 32.1. The van der Waals surface area contributed by atoms with Crippen molar-refractivity contribution in [2.45, 2.75) is 59.3 Å². The SMILES string of the molecule is CCCNc1nc2c(s1)C(C)(C)CC(C)(C)C2. The Bertz CT molecular complexity index is 404. The Morgan fingerprint density at radius 1 is 1.29 bits per heavy atom. The van der Waals surface area contributed by atoms with Gasteiger partial charge in [0.25, 0.3) is 0 Å². The summed E-state index contributed by atoms with van der Waals surface area (Å²) in [5.41, 5.74) is 1.99. The maximum absolute atomic E-state index is 4.79. The Morgan fingerprint density at radius 3 is 2.65 bits per heavy atom. The third-order valence-corrected chi connectivity index (χ3v) is 4.83. The zero-order valence-corrected chi connectivity index (χ0v) is 12.5. The minimum absolute atomic E-state index is 0.279. The molecule has 17 heavy (non-hydrogen) atoms. The van der Waals surface area contributed by atoms with Crippen molar-refractivity contribution >= 4 is 16.5 Å². The Kier molecular flexibility index (Phi) is 3.23. The molecule has 0 aliphatic heterocycles. The van der Waals surface area contributed by atoms with E-state index in [9.17, 15) is 0 Å². The van der Waals surface area contributed by atoms with Crippen molar-refractivity contribution in [3.05, 3.63) is 10.6 Å². The molecule has 0 saturated carbocycles. The van der Waals surface area contributed by atoms with E-state index in [1.54, 1.807) is 0 Å². The van der Waals surface area contributed by atoms with E-state index in [1.807, 2.05) is 11.3 Å². The van der Waals surface area contributed by atoms with Crippen molar-refractivity contribution < 1.29 is 0 Å². The third kappa shape index (κ3) is 2.65. The average Bonchev–Trinajstić information content (AvgIpc) is 2.55. The maximum atomic E-state index is 4.79. The van der Waals surface area contributed by atoms with Crippen LogP contribution >= 0.6 is 11.3 Å². The second kappa shape index (κ2) is 4.27. The van der Waals surface area contributed by atoms with Crippen LogP contribution in [0.3, 0.4) is 0 Å². The van der Waals surface area contributed by atoms with Crippen molar-refractivity contribution in [1.29, 1.82) is 0 Å². The number of anilines is 1. The van der Waals surface area contributed by atoms with Gasteiger partial charge in [-0.15, -0.1) is 11.3 Å². The minimum Gasteiger partial charge on any atom is -0.362 e. The van der Waals surface area contributed by atoms with Crippen LogP contribution in [-0.2, 0) is 11.8 Å². The largest absolute Gasteiger partial charge is 0.362 e. The first-order valence-electron chi connectivity index (χ1n) is 6.58. The lowest BCUT2D eigenvalue weighted by atomic mass is 9.67. The van der Waals surface area contributed by atoms with E-state index in [0.717, 1.165) is 24.5 Å². The van der Waals surface area contributed by atoms with Gasteiger partial charge in [-0.25, -0.2) is 4.98 Å². The fourth-order valence-corrected chi connectivity index (χ4v) is 4.21. The van der Waals surface area contributed by atoms with Gasteiger partial charge in [0.05, 0.1) is 5.69 Å². The van der Waals surface area contributed by atoms with Crippen molar-refractivity contribution in [2.24, 2.45) is 5.41 Å². The summed E-state index contributed by atoms with van der Waals surface area (Å²) in [5.74, 6) is 0. The normalized spacial score (nSPS) is 21.0. The van der Waals surface area contributed by atoms with Gasteiger partial charge < -0.3 is 5.32 Å². The maximum Gasteiger partial charge on any atom is 0.183 e. The Morgan fingerprint density at radius 2 is 2.00 bits per heavy atom. The van der Waals surface area contributed by atoms with Crippen molar-refractivity contribution in [3.8, 4) is 0 Å². The first-order valence-corrected chi connectivity index (χ1v) is 7.40. The lowest BCUT2D eigenvalue weighted by Crippen LogP contribution is -2.33. The van der Waals surface area contributed by atoms with Crippen molar-refractivity contribution in [2.75, 3.05) is 11.9 Å². The van der Waals surface area contributed by atoms with Crippen LogP contribution in [0.4, 0.5) is 5.13 Å². The number of hydrogen-bond acceptors (Lipinski definition) is 3. The van der Waals surface area contributed by atoms with Gasteiger partial charge in [-0.3, -0.25) is 0 Å². The molecule has 1 heterocycles. The summed E-state index contributed by atoms with van der Waals surface area (Å²) >= 11 is 1.86. The topological polar surface area (TPSA) is 24.9 Å². The van der Waals surface area contributed by atoms with Gasteiger partial charge in [0, 0.05) is 16.8 Å². The third-order valence-electron chi connectivity index (χ3n) is 3.40. The summed E-state index contributed by atoms with van der Waals surface area (Å²) in [5, 5.41) is 4.54. The van der Waals surface area contributed by atoms with Gasteiger partial charge in [0.2, 0.25) is 0 Å². The van der Waals surface area contributed by atoms with Crippen molar-refractivity contribution in [1.82, 2.24) is 4.98 Å². The van der Waals surface area contributed by atoms with Crippen LogP contribution in [0, 0.1) is 5.41 Å². The van der Waals surface area contributed by atoms with E-state index < -0.39 is 0 Å². The van der Waals surface area contributed by atoms with Gasteiger partial charge in [-0.1, -0.05) is 34.6 Å². The van der Waals surface area contributed by atoms with Crippen LogP contribution in [0.2, 0.25) is 0 Å². The molecule has 0 bridgehead atoms. The Balaban J connectivity index is 2.30. The van der Waals surface area contributed by atoms with Crippen LogP contribution < -0.4 is 5.32 Å². The molecule has 1 aromatic rings. The molecule has 0 saturated heterocycles. The summed E-state index contributed by atoms with van der Waals surface area (Å²) < 4.78 is 0. The second-order valence-electron chi connectivity index (χ2n) is 6.62. The lowest BCUT2D eigenvalue weighted by Gasteiger charge is -2.39. The molecule has 0 aromatic carbocycles. The fraction of sp³-hybridized carbons (Fsp3) is 0.786. The minimum atomic E-state index is 0.279. The smallest absolute Gasteiger partial charge is 0.183 e. The average molecular weight is 252 g/mol. The molecular formula is C14H24N2S. The lowest BCUT2D eigenvalue weighted by molar-refractivity contribution is 0.232. The van der Waals surface area contributed by atoms with Crippen molar-refractivity contribution in [3.63, 3.8) is 0 Å². The molecule has 0 radical (unpaired) electrons. The number of rotatable bonds is 3. The molecule has 96 valence electrons. The summed E-state index contributed by atoms with van der Waals surface area (Å²) in [6.07, 6.45) is 3.53. The van der Waals surface area contributed by atoms with Gasteiger partial charge in [0.15, 0.2) is 5.13 Å². The highest BCUT2D eigenvalue weighted by Gasteiger charge is 2.39. The number of nitrogens with one attached hydrogen (secondary N) is 1. The van der Waals surface area contributed by atoms with E-state index in [4.69, 9.17) is 4.98 Å². The first kappa shape index (κ1) is 12.9. The van der Waals surface area contributed by atoms with Gasteiger partial charge in [-0.2, -0.15) is 0 Å². The molecule has 3 heteroatoms. The number of aromatic nitrogens is 1.